The highest BCUT2D eigenvalue weighted by molar-refractivity contribution is 5.85. The van der Waals surface area contributed by atoms with Crippen LogP contribution in [0.15, 0.2) is 24.4 Å². The van der Waals surface area contributed by atoms with Crippen LogP contribution >= 0.6 is 0 Å². The van der Waals surface area contributed by atoms with E-state index in [0.717, 1.165) is 49.8 Å². The van der Waals surface area contributed by atoms with Crippen LogP contribution in [0.4, 0.5) is 5.82 Å². The number of pyridine rings is 1. The highest BCUT2D eigenvalue weighted by Crippen LogP contribution is 2.26. The molecule has 6 nitrogen and oxygen atoms in total. The van der Waals surface area contributed by atoms with Gasteiger partial charge < -0.3 is 9.80 Å². The molecule has 0 aliphatic carbocycles. The summed E-state index contributed by atoms with van der Waals surface area (Å²) in [6.07, 6.45) is 2.64. The number of aryl methyl sites for hydroxylation is 1. The van der Waals surface area contributed by atoms with Crippen molar-refractivity contribution >= 4 is 12.1 Å². The van der Waals surface area contributed by atoms with Crippen molar-refractivity contribution in [3.8, 4) is 5.82 Å². The summed E-state index contributed by atoms with van der Waals surface area (Å²) >= 11 is 0. The Bertz CT molecular complexity index is 629. The lowest BCUT2D eigenvalue weighted by atomic mass is 10.2. The van der Waals surface area contributed by atoms with Gasteiger partial charge in [0.15, 0.2) is 12.1 Å². The van der Waals surface area contributed by atoms with E-state index in [1.54, 1.807) is 10.9 Å². The van der Waals surface area contributed by atoms with E-state index in [9.17, 15) is 4.79 Å². The Kier molecular flexibility index (Phi) is 3.70. The van der Waals surface area contributed by atoms with Crippen LogP contribution in [0.2, 0.25) is 0 Å². The lowest BCUT2D eigenvalue weighted by Crippen LogP contribution is -2.45. The number of likely N-dealkylation sites (N-methyl/N-ethyl adjacent to an activating group) is 1. The van der Waals surface area contributed by atoms with Gasteiger partial charge in [0, 0.05) is 32.4 Å². The van der Waals surface area contributed by atoms with Gasteiger partial charge in [-0.3, -0.25) is 4.79 Å². The summed E-state index contributed by atoms with van der Waals surface area (Å²) < 4.78 is 1.78. The third-order valence-electron chi connectivity index (χ3n) is 3.87. The molecule has 3 heterocycles. The monoisotopic (exact) mass is 285 g/mol. The Labute approximate surface area is 124 Å². The van der Waals surface area contributed by atoms with E-state index in [4.69, 9.17) is 0 Å². The Hall–Kier alpha value is -2.21. The highest BCUT2D eigenvalue weighted by Gasteiger charge is 2.24. The molecular weight excluding hydrogens is 266 g/mol. The maximum atomic E-state index is 11.5. The zero-order valence-electron chi connectivity index (χ0n) is 12.4. The van der Waals surface area contributed by atoms with E-state index < -0.39 is 0 Å². The molecule has 6 heteroatoms. The van der Waals surface area contributed by atoms with Gasteiger partial charge in [0.25, 0.3) is 0 Å². The van der Waals surface area contributed by atoms with Gasteiger partial charge in [-0.15, -0.1) is 0 Å². The van der Waals surface area contributed by atoms with Crippen LogP contribution in [0.25, 0.3) is 5.82 Å². The molecule has 1 saturated heterocycles. The van der Waals surface area contributed by atoms with Gasteiger partial charge in [-0.1, -0.05) is 6.07 Å². The standard InChI is InChI=1S/C15H19N5O/c1-12-13(11-21)15(19-9-7-18(2)8-10-19)20(17-12)14-5-3-4-6-16-14/h3-6,11H,7-10H2,1-2H3. The number of aldehydes is 1. The number of piperazine rings is 1. The molecule has 0 bridgehead atoms. The number of aromatic nitrogens is 3. The number of nitrogens with zero attached hydrogens (tertiary/aromatic N) is 5. The van der Waals surface area contributed by atoms with E-state index in [0.29, 0.717) is 5.56 Å². The van der Waals surface area contributed by atoms with Crippen LogP contribution in [0, 0.1) is 6.92 Å². The normalized spacial score (nSPS) is 16.2. The van der Waals surface area contributed by atoms with Crippen LogP contribution in [-0.2, 0) is 0 Å². The third-order valence-corrected chi connectivity index (χ3v) is 3.87. The van der Waals surface area contributed by atoms with Crippen molar-refractivity contribution in [2.45, 2.75) is 6.92 Å². The molecule has 0 atom stereocenters. The Morgan fingerprint density at radius 2 is 1.95 bits per heavy atom. The van der Waals surface area contributed by atoms with Crippen molar-refractivity contribution in [3.63, 3.8) is 0 Å². The van der Waals surface area contributed by atoms with Crippen LogP contribution in [0.3, 0.4) is 0 Å². The summed E-state index contributed by atoms with van der Waals surface area (Å²) in [6, 6.07) is 5.70. The van der Waals surface area contributed by atoms with Gasteiger partial charge in [0.05, 0.1) is 11.3 Å². The lowest BCUT2D eigenvalue weighted by Gasteiger charge is -2.34. The molecule has 1 aliphatic rings. The van der Waals surface area contributed by atoms with Crippen LogP contribution in [0.1, 0.15) is 16.1 Å². The number of carbonyl (C=O) groups is 1. The predicted molar refractivity (Wildman–Crippen MR) is 81.2 cm³/mol. The topological polar surface area (TPSA) is 54.3 Å². The van der Waals surface area contributed by atoms with Crippen LogP contribution < -0.4 is 4.90 Å². The van der Waals surface area contributed by atoms with Gasteiger partial charge in [0.1, 0.15) is 5.82 Å². The summed E-state index contributed by atoms with van der Waals surface area (Å²) in [5, 5.41) is 4.51. The summed E-state index contributed by atoms with van der Waals surface area (Å²) in [6.45, 7) is 5.59. The van der Waals surface area contributed by atoms with Gasteiger partial charge >= 0.3 is 0 Å². The molecule has 110 valence electrons. The quantitative estimate of drug-likeness (QED) is 0.792. The molecule has 0 amide bonds. The van der Waals surface area contributed by atoms with Gasteiger partial charge in [-0.25, -0.2) is 4.98 Å². The Morgan fingerprint density at radius 1 is 1.19 bits per heavy atom. The smallest absolute Gasteiger partial charge is 0.155 e. The maximum Gasteiger partial charge on any atom is 0.155 e. The summed E-state index contributed by atoms with van der Waals surface area (Å²) in [5.74, 6) is 1.59. The lowest BCUT2D eigenvalue weighted by molar-refractivity contribution is 0.112. The molecule has 1 fully saturated rings. The van der Waals surface area contributed by atoms with Gasteiger partial charge in [-0.2, -0.15) is 9.78 Å². The molecule has 2 aromatic rings. The van der Waals surface area contributed by atoms with Crippen molar-refractivity contribution in [2.24, 2.45) is 0 Å². The first-order valence-electron chi connectivity index (χ1n) is 7.10. The molecule has 0 spiro atoms. The van der Waals surface area contributed by atoms with E-state index in [1.165, 1.54) is 0 Å². The molecule has 2 aromatic heterocycles. The molecule has 1 aliphatic heterocycles. The average Bonchev–Trinajstić information content (AvgIpc) is 2.85. The SMILES string of the molecule is Cc1nn(-c2ccccn2)c(N2CCN(C)CC2)c1C=O. The summed E-state index contributed by atoms with van der Waals surface area (Å²) in [7, 11) is 2.11. The molecule has 21 heavy (non-hydrogen) atoms. The number of carbonyl (C=O) groups excluding carboxylic acids is 1. The van der Waals surface area contributed by atoms with Crippen LogP contribution in [-0.4, -0.2) is 59.2 Å². The fourth-order valence-corrected chi connectivity index (χ4v) is 2.63. The first-order valence-corrected chi connectivity index (χ1v) is 7.10. The van der Waals surface area contributed by atoms with E-state index in [2.05, 4.69) is 26.9 Å². The van der Waals surface area contributed by atoms with Crippen LogP contribution in [0.5, 0.6) is 0 Å². The minimum absolute atomic E-state index is 0.658. The first-order chi connectivity index (χ1) is 10.2. The van der Waals surface area contributed by atoms with Crippen molar-refractivity contribution in [3.05, 3.63) is 35.7 Å². The molecule has 0 unspecified atom stereocenters. The number of rotatable bonds is 3. The molecule has 0 N–H and O–H groups in total. The zero-order chi connectivity index (χ0) is 14.8. The molecule has 0 aromatic carbocycles. The second-order valence-electron chi connectivity index (χ2n) is 5.33. The van der Waals surface area contributed by atoms with Gasteiger partial charge in [-0.05, 0) is 26.1 Å². The zero-order valence-corrected chi connectivity index (χ0v) is 12.4. The fraction of sp³-hybridized carbons (Fsp3) is 0.400. The second kappa shape index (κ2) is 5.65. The minimum Gasteiger partial charge on any atom is -0.353 e. The van der Waals surface area contributed by atoms with E-state index in [-0.39, 0.29) is 0 Å². The number of hydrogen-bond acceptors (Lipinski definition) is 5. The van der Waals surface area contributed by atoms with Crippen molar-refractivity contribution in [1.29, 1.82) is 0 Å². The maximum absolute atomic E-state index is 11.5. The Morgan fingerprint density at radius 3 is 2.57 bits per heavy atom. The molecule has 3 rings (SSSR count). The van der Waals surface area contributed by atoms with Crippen molar-refractivity contribution < 1.29 is 4.79 Å². The van der Waals surface area contributed by atoms with E-state index in [1.807, 2.05) is 25.1 Å². The van der Waals surface area contributed by atoms with Crippen molar-refractivity contribution in [1.82, 2.24) is 19.7 Å². The fourth-order valence-electron chi connectivity index (χ4n) is 2.63. The molecular formula is C15H19N5O. The number of hydrogen-bond donors (Lipinski definition) is 0. The largest absolute Gasteiger partial charge is 0.353 e. The minimum atomic E-state index is 0.658. The van der Waals surface area contributed by atoms with Crippen molar-refractivity contribution in [2.75, 3.05) is 38.1 Å². The average molecular weight is 285 g/mol. The molecule has 0 saturated carbocycles. The summed E-state index contributed by atoms with van der Waals surface area (Å²) in [4.78, 5) is 20.3. The Balaban J connectivity index is 2.07. The third kappa shape index (κ3) is 2.54. The second-order valence-corrected chi connectivity index (χ2v) is 5.33. The predicted octanol–water partition coefficient (Wildman–Crippen LogP) is 1.14. The summed E-state index contributed by atoms with van der Waals surface area (Å²) in [5.41, 5.74) is 1.40. The highest BCUT2D eigenvalue weighted by atomic mass is 16.1. The van der Waals surface area contributed by atoms with Gasteiger partial charge in [0.2, 0.25) is 0 Å². The number of anilines is 1. The van der Waals surface area contributed by atoms with E-state index >= 15 is 0 Å². The molecule has 0 radical (unpaired) electrons. The first kappa shape index (κ1) is 13.8.